The molecule has 0 saturated carbocycles. The summed E-state index contributed by atoms with van der Waals surface area (Å²) >= 11 is 0. The predicted octanol–water partition coefficient (Wildman–Crippen LogP) is 2.99. The van der Waals surface area contributed by atoms with Crippen LogP contribution in [-0.2, 0) is 5.41 Å². The van der Waals surface area contributed by atoms with Crippen LogP contribution in [0, 0.1) is 5.82 Å². The van der Waals surface area contributed by atoms with Crippen LogP contribution in [0.2, 0.25) is 0 Å². The van der Waals surface area contributed by atoms with Gasteiger partial charge in [-0.05, 0) is 17.7 Å². The van der Waals surface area contributed by atoms with Crippen molar-refractivity contribution in [1.82, 2.24) is 0 Å². The Bertz CT molecular complexity index is 353. The molecule has 0 aromatic heterocycles. The van der Waals surface area contributed by atoms with Gasteiger partial charge >= 0.3 is 6.18 Å². The average molecular weight is 235 g/mol. The number of nitrogens with two attached hydrogens (primary N) is 1. The lowest BCUT2D eigenvalue weighted by Gasteiger charge is -2.33. The van der Waals surface area contributed by atoms with E-state index in [1.54, 1.807) is 0 Å². The fourth-order valence-corrected chi connectivity index (χ4v) is 1.47. The first-order chi connectivity index (χ1) is 7.15. The molecule has 0 radical (unpaired) electrons. The van der Waals surface area contributed by atoms with Gasteiger partial charge in [0.1, 0.15) is 11.9 Å². The minimum atomic E-state index is -4.47. The molecule has 2 N–H and O–H groups in total. The summed E-state index contributed by atoms with van der Waals surface area (Å²) < 4.78 is 50.2. The van der Waals surface area contributed by atoms with E-state index in [0.717, 1.165) is 12.1 Å². The molecule has 0 amide bonds. The highest BCUT2D eigenvalue weighted by Crippen LogP contribution is 2.35. The number of alkyl halides is 3. The van der Waals surface area contributed by atoms with Gasteiger partial charge < -0.3 is 5.73 Å². The second-order valence-corrected chi connectivity index (χ2v) is 4.25. The predicted molar refractivity (Wildman–Crippen MR) is 53.5 cm³/mol. The van der Waals surface area contributed by atoms with Crippen molar-refractivity contribution in [2.45, 2.75) is 31.5 Å². The van der Waals surface area contributed by atoms with Crippen molar-refractivity contribution >= 4 is 0 Å². The number of halogens is 4. The van der Waals surface area contributed by atoms with Gasteiger partial charge in [-0.3, -0.25) is 0 Å². The average Bonchev–Trinajstić information content (AvgIpc) is 2.16. The Morgan fingerprint density at radius 3 is 1.88 bits per heavy atom. The van der Waals surface area contributed by atoms with Crippen molar-refractivity contribution in [2.24, 2.45) is 5.73 Å². The second kappa shape index (κ2) is 4.05. The van der Waals surface area contributed by atoms with Gasteiger partial charge in [-0.25, -0.2) is 4.39 Å². The SMILES string of the molecule is CC(C)(c1ccc(F)cc1)C(N)C(F)(F)F. The molecule has 1 unspecified atom stereocenters. The quantitative estimate of drug-likeness (QED) is 0.783. The van der Waals surface area contributed by atoms with Gasteiger partial charge in [0.25, 0.3) is 0 Å². The van der Waals surface area contributed by atoms with Crippen molar-refractivity contribution in [3.05, 3.63) is 35.6 Å². The molecule has 90 valence electrons. The molecule has 1 nitrogen and oxygen atoms in total. The van der Waals surface area contributed by atoms with Crippen LogP contribution in [-0.4, -0.2) is 12.2 Å². The molecule has 1 aromatic rings. The first-order valence-electron chi connectivity index (χ1n) is 4.74. The number of rotatable bonds is 2. The molecule has 0 aliphatic carbocycles. The highest BCUT2D eigenvalue weighted by Gasteiger charge is 2.47. The molecular weight excluding hydrogens is 222 g/mol. The van der Waals surface area contributed by atoms with E-state index >= 15 is 0 Å². The van der Waals surface area contributed by atoms with Crippen molar-refractivity contribution in [2.75, 3.05) is 0 Å². The summed E-state index contributed by atoms with van der Waals surface area (Å²) in [5, 5.41) is 0. The van der Waals surface area contributed by atoms with Gasteiger partial charge in [0, 0.05) is 5.41 Å². The first kappa shape index (κ1) is 13.0. The standard InChI is InChI=1S/C11H13F4N/c1-10(2,9(16)11(13,14)15)7-3-5-8(12)6-4-7/h3-6,9H,16H2,1-2H3. The van der Waals surface area contributed by atoms with E-state index in [-0.39, 0.29) is 0 Å². The van der Waals surface area contributed by atoms with E-state index in [0.29, 0.717) is 5.56 Å². The third-order valence-electron chi connectivity index (χ3n) is 2.72. The minimum Gasteiger partial charge on any atom is -0.319 e. The van der Waals surface area contributed by atoms with Gasteiger partial charge in [-0.15, -0.1) is 0 Å². The molecule has 5 heteroatoms. The van der Waals surface area contributed by atoms with Crippen molar-refractivity contribution in [1.29, 1.82) is 0 Å². The monoisotopic (exact) mass is 235 g/mol. The Balaban J connectivity index is 3.06. The molecule has 1 rings (SSSR count). The zero-order chi connectivity index (χ0) is 12.6. The summed E-state index contributed by atoms with van der Waals surface area (Å²) in [6.45, 7) is 2.77. The fraction of sp³-hybridized carbons (Fsp3) is 0.455. The normalized spacial score (nSPS) is 14.9. The number of hydrogen-bond donors (Lipinski definition) is 1. The fourth-order valence-electron chi connectivity index (χ4n) is 1.47. The lowest BCUT2D eigenvalue weighted by atomic mass is 9.78. The van der Waals surface area contributed by atoms with Crippen molar-refractivity contribution < 1.29 is 17.6 Å². The molecular formula is C11H13F4N. The van der Waals surface area contributed by atoms with E-state index in [1.807, 2.05) is 0 Å². The second-order valence-electron chi connectivity index (χ2n) is 4.25. The zero-order valence-electron chi connectivity index (χ0n) is 8.98. The zero-order valence-corrected chi connectivity index (χ0v) is 8.98. The molecule has 0 bridgehead atoms. The number of benzene rings is 1. The largest absolute Gasteiger partial charge is 0.404 e. The van der Waals surface area contributed by atoms with E-state index in [9.17, 15) is 17.6 Å². The first-order valence-corrected chi connectivity index (χ1v) is 4.74. The molecule has 0 fully saturated rings. The van der Waals surface area contributed by atoms with Crippen LogP contribution in [0.15, 0.2) is 24.3 Å². The Hall–Kier alpha value is -1.10. The molecule has 0 aliphatic rings. The Morgan fingerprint density at radius 2 is 1.50 bits per heavy atom. The van der Waals surface area contributed by atoms with Crippen LogP contribution >= 0.6 is 0 Å². The summed E-state index contributed by atoms with van der Waals surface area (Å²) in [4.78, 5) is 0. The number of hydrogen-bond acceptors (Lipinski definition) is 1. The van der Waals surface area contributed by atoms with E-state index < -0.39 is 23.5 Å². The molecule has 16 heavy (non-hydrogen) atoms. The lowest BCUT2D eigenvalue weighted by Crippen LogP contribution is -2.51. The van der Waals surface area contributed by atoms with Crippen LogP contribution in [0.4, 0.5) is 17.6 Å². The van der Waals surface area contributed by atoms with E-state index in [1.165, 1.54) is 26.0 Å². The maximum absolute atomic E-state index is 12.7. The molecule has 0 aliphatic heterocycles. The molecule has 0 heterocycles. The van der Waals surface area contributed by atoms with Crippen LogP contribution in [0.3, 0.4) is 0 Å². The summed E-state index contributed by atoms with van der Waals surface area (Å²) in [6.07, 6.45) is -4.47. The van der Waals surface area contributed by atoms with Crippen LogP contribution in [0.5, 0.6) is 0 Å². The third-order valence-corrected chi connectivity index (χ3v) is 2.72. The Morgan fingerprint density at radius 1 is 1.06 bits per heavy atom. The van der Waals surface area contributed by atoms with Crippen LogP contribution in [0.25, 0.3) is 0 Å². The molecule has 0 saturated heterocycles. The van der Waals surface area contributed by atoms with Crippen molar-refractivity contribution in [3.63, 3.8) is 0 Å². The maximum Gasteiger partial charge on any atom is 0.404 e. The third kappa shape index (κ3) is 2.52. The maximum atomic E-state index is 12.7. The topological polar surface area (TPSA) is 26.0 Å². The molecule has 0 spiro atoms. The van der Waals surface area contributed by atoms with E-state index in [4.69, 9.17) is 5.73 Å². The van der Waals surface area contributed by atoms with Crippen molar-refractivity contribution in [3.8, 4) is 0 Å². The Kier molecular flexibility index (Phi) is 3.28. The van der Waals surface area contributed by atoms with Gasteiger partial charge in [0.2, 0.25) is 0 Å². The summed E-state index contributed by atoms with van der Waals surface area (Å²) in [7, 11) is 0. The minimum absolute atomic E-state index is 0.360. The van der Waals surface area contributed by atoms with Gasteiger partial charge in [0.15, 0.2) is 0 Å². The van der Waals surface area contributed by atoms with E-state index in [2.05, 4.69) is 0 Å². The van der Waals surface area contributed by atoms with Gasteiger partial charge in [-0.2, -0.15) is 13.2 Å². The Labute approximate surface area is 91.3 Å². The van der Waals surface area contributed by atoms with Crippen LogP contribution in [0.1, 0.15) is 19.4 Å². The summed E-state index contributed by atoms with van der Waals surface area (Å²) in [5.74, 6) is -0.486. The molecule has 1 aromatic carbocycles. The van der Waals surface area contributed by atoms with Gasteiger partial charge in [0.05, 0.1) is 0 Å². The smallest absolute Gasteiger partial charge is 0.319 e. The highest BCUT2D eigenvalue weighted by atomic mass is 19.4. The van der Waals surface area contributed by atoms with Gasteiger partial charge in [-0.1, -0.05) is 26.0 Å². The lowest BCUT2D eigenvalue weighted by molar-refractivity contribution is -0.160. The highest BCUT2D eigenvalue weighted by molar-refractivity contribution is 5.26. The summed E-state index contributed by atoms with van der Waals surface area (Å²) in [6, 6.07) is 2.91. The van der Waals surface area contributed by atoms with Crippen LogP contribution < -0.4 is 5.73 Å². The summed E-state index contributed by atoms with van der Waals surface area (Å²) in [5.41, 5.74) is 4.25. The molecule has 1 atom stereocenters.